The van der Waals surface area contributed by atoms with Crippen molar-refractivity contribution in [3.63, 3.8) is 0 Å². The first-order valence-corrected chi connectivity index (χ1v) is 9.54. The van der Waals surface area contributed by atoms with Crippen molar-refractivity contribution < 1.29 is 9.59 Å². The lowest BCUT2D eigenvalue weighted by Gasteiger charge is -2.38. The van der Waals surface area contributed by atoms with E-state index >= 15 is 0 Å². The minimum absolute atomic E-state index is 0.0301. The molecule has 2 fully saturated rings. The maximum atomic E-state index is 13.0. The number of hydrogen-bond acceptors (Lipinski definition) is 3. The summed E-state index contributed by atoms with van der Waals surface area (Å²) in [7, 11) is 0. The second-order valence-electron chi connectivity index (χ2n) is 7.10. The molecular formula is C20H29N3O2. The van der Waals surface area contributed by atoms with Crippen molar-refractivity contribution >= 4 is 11.8 Å². The van der Waals surface area contributed by atoms with Crippen LogP contribution in [-0.4, -0.2) is 53.8 Å². The molecule has 1 aromatic rings. The SMILES string of the molecule is CC[C@H]1CCCCN1C(=O)CN1CCNC(=O)C[C@H]1c1ccccc1. The summed E-state index contributed by atoms with van der Waals surface area (Å²) in [6.45, 7) is 4.75. The van der Waals surface area contributed by atoms with Gasteiger partial charge in [-0.25, -0.2) is 0 Å². The van der Waals surface area contributed by atoms with E-state index in [1.54, 1.807) is 0 Å². The quantitative estimate of drug-likeness (QED) is 0.913. The van der Waals surface area contributed by atoms with E-state index in [1.165, 1.54) is 6.42 Å². The number of piperidine rings is 1. The standard InChI is InChI=1S/C20H29N3O2/c1-2-17-10-6-7-12-23(17)20(25)15-22-13-11-21-19(24)14-18(22)16-8-4-3-5-9-16/h3-5,8-9,17-18H,2,6-7,10-15H2,1H3,(H,21,24)/t17-,18-/m0/s1. The van der Waals surface area contributed by atoms with Crippen LogP contribution in [0.5, 0.6) is 0 Å². The maximum Gasteiger partial charge on any atom is 0.237 e. The Labute approximate surface area is 150 Å². The number of amides is 2. The van der Waals surface area contributed by atoms with E-state index in [0.717, 1.165) is 31.4 Å². The highest BCUT2D eigenvalue weighted by Crippen LogP contribution is 2.26. The zero-order chi connectivity index (χ0) is 17.6. The van der Waals surface area contributed by atoms with Gasteiger partial charge in [-0.2, -0.15) is 0 Å². The third kappa shape index (κ3) is 4.40. The lowest BCUT2D eigenvalue weighted by atomic mass is 9.99. The molecule has 0 aliphatic carbocycles. The average Bonchev–Trinajstić information content (AvgIpc) is 2.83. The van der Waals surface area contributed by atoms with Crippen molar-refractivity contribution in [3.05, 3.63) is 35.9 Å². The summed E-state index contributed by atoms with van der Waals surface area (Å²) < 4.78 is 0. The van der Waals surface area contributed by atoms with Gasteiger partial charge in [0.2, 0.25) is 11.8 Å². The zero-order valence-electron chi connectivity index (χ0n) is 15.1. The Morgan fingerprint density at radius 1 is 1.20 bits per heavy atom. The summed E-state index contributed by atoms with van der Waals surface area (Å²) in [5.41, 5.74) is 1.11. The number of carbonyl (C=O) groups is 2. The molecule has 2 aliphatic heterocycles. The summed E-state index contributed by atoms with van der Waals surface area (Å²) in [5, 5.41) is 2.94. The van der Waals surface area contributed by atoms with Gasteiger partial charge in [-0.15, -0.1) is 0 Å². The average molecular weight is 343 g/mol. The molecule has 1 aromatic carbocycles. The lowest BCUT2D eigenvalue weighted by Crippen LogP contribution is -2.48. The maximum absolute atomic E-state index is 13.0. The van der Waals surface area contributed by atoms with Crippen molar-refractivity contribution in [1.29, 1.82) is 0 Å². The van der Waals surface area contributed by atoms with Crippen LogP contribution in [0.4, 0.5) is 0 Å². The molecule has 2 heterocycles. The number of nitrogens with zero attached hydrogens (tertiary/aromatic N) is 2. The van der Waals surface area contributed by atoms with Crippen molar-refractivity contribution in [3.8, 4) is 0 Å². The molecular weight excluding hydrogens is 314 g/mol. The summed E-state index contributed by atoms with van der Waals surface area (Å²) in [5.74, 6) is 0.273. The van der Waals surface area contributed by atoms with Gasteiger partial charge in [0.1, 0.15) is 0 Å². The Bertz CT molecular complexity index is 590. The zero-order valence-corrected chi connectivity index (χ0v) is 15.1. The van der Waals surface area contributed by atoms with Crippen LogP contribution in [0.2, 0.25) is 0 Å². The molecule has 136 valence electrons. The summed E-state index contributed by atoms with van der Waals surface area (Å²) >= 11 is 0. The van der Waals surface area contributed by atoms with Gasteiger partial charge in [0.15, 0.2) is 0 Å². The third-order valence-electron chi connectivity index (χ3n) is 5.48. The van der Waals surface area contributed by atoms with Crippen LogP contribution in [0.3, 0.4) is 0 Å². The van der Waals surface area contributed by atoms with Gasteiger partial charge in [0.25, 0.3) is 0 Å². The highest BCUT2D eigenvalue weighted by Gasteiger charge is 2.31. The first-order chi connectivity index (χ1) is 12.2. The van der Waals surface area contributed by atoms with Crippen LogP contribution in [0.25, 0.3) is 0 Å². The van der Waals surface area contributed by atoms with Crippen LogP contribution in [0, 0.1) is 0 Å². The van der Waals surface area contributed by atoms with Crippen LogP contribution in [0.1, 0.15) is 50.6 Å². The molecule has 2 atom stereocenters. The molecule has 0 spiro atoms. The molecule has 0 bridgehead atoms. The second kappa shape index (κ2) is 8.48. The Morgan fingerprint density at radius 3 is 2.76 bits per heavy atom. The lowest BCUT2D eigenvalue weighted by molar-refractivity contribution is -0.137. The molecule has 0 saturated carbocycles. The number of nitrogens with one attached hydrogen (secondary N) is 1. The molecule has 2 saturated heterocycles. The topological polar surface area (TPSA) is 52.7 Å². The molecule has 0 aromatic heterocycles. The fourth-order valence-corrected chi connectivity index (χ4v) is 4.08. The van der Waals surface area contributed by atoms with E-state index in [2.05, 4.69) is 34.2 Å². The van der Waals surface area contributed by atoms with Gasteiger partial charge in [-0.1, -0.05) is 37.3 Å². The predicted octanol–water partition coefficient (Wildman–Crippen LogP) is 2.34. The van der Waals surface area contributed by atoms with Crippen LogP contribution in [-0.2, 0) is 9.59 Å². The van der Waals surface area contributed by atoms with E-state index in [1.807, 2.05) is 18.2 Å². The van der Waals surface area contributed by atoms with Gasteiger partial charge in [0.05, 0.1) is 6.54 Å². The highest BCUT2D eigenvalue weighted by molar-refractivity contribution is 5.80. The van der Waals surface area contributed by atoms with Crippen LogP contribution >= 0.6 is 0 Å². The molecule has 0 radical (unpaired) electrons. The first kappa shape index (κ1) is 17.9. The van der Waals surface area contributed by atoms with E-state index < -0.39 is 0 Å². The normalized spacial score (nSPS) is 25.3. The first-order valence-electron chi connectivity index (χ1n) is 9.54. The molecule has 0 unspecified atom stereocenters. The van der Waals surface area contributed by atoms with Gasteiger partial charge < -0.3 is 10.2 Å². The number of hydrogen-bond donors (Lipinski definition) is 1. The minimum atomic E-state index is -0.0301. The van der Waals surface area contributed by atoms with Crippen LogP contribution in [0.15, 0.2) is 30.3 Å². The molecule has 3 rings (SSSR count). The van der Waals surface area contributed by atoms with Crippen LogP contribution < -0.4 is 5.32 Å². The van der Waals surface area contributed by atoms with Crippen molar-refractivity contribution in [1.82, 2.24) is 15.1 Å². The van der Waals surface area contributed by atoms with E-state index in [-0.39, 0.29) is 17.9 Å². The Kier molecular flexibility index (Phi) is 6.08. The largest absolute Gasteiger partial charge is 0.355 e. The predicted molar refractivity (Wildman–Crippen MR) is 98.0 cm³/mol. The number of rotatable bonds is 4. The Hall–Kier alpha value is -1.88. The Balaban J connectivity index is 1.75. The van der Waals surface area contributed by atoms with E-state index in [4.69, 9.17) is 0 Å². The van der Waals surface area contributed by atoms with E-state index in [0.29, 0.717) is 32.1 Å². The van der Waals surface area contributed by atoms with Gasteiger partial charge in [-0.3, -0.25) is 14.5 Å². The van der Waals surface area contributed by atoms with Gasteiger partial charge >= 0.3 is 0 Å². The van der Waals surface area contributed by atoms with Gasteiger partial charge in [-0.05, 0) is 31.2 Å². The minimum Gasteiger partial charge on any atom is -0.355 e. The highest BCUT2D eigenvalue weighted by atomic mass is 16.2. The number of likely N-dealkylation sites (tertiary alicyclic amines) is 1. The molecule has 2 aliphatic rings. The summed E-state index contributed by atoms with van der Waals surface area (Å²) in [6, 6.07) is 10.4. The molecule has 1 N–H and O–H groups in total. The second-order valence-corrected chi connectivity index (χ2v) is 7.10. The molecule has 5 nitrogen and oxygen atoms in total. The molecule has 2 amide bonds. The summed E-state index contributed by atoms with van der Waals surface area (Å²) in [4.78, 5) is 29.3. The van der Waals surface area contributed by atoms with E-state index in [9.17, 15) is 9.59 Å². The van der Waals surface area contributed by atoms with Gasteiger partial charge in [0, 0.05) is 38.1 Å². The molecule has 5 heteroatoms. The number of carbonyl (C=O) groups excluding carboxylic acids is 2. The fraction of sp³-hybridized carbons (Fsp3) is 0.600. The van der Waals surface area contributed by atoms with Crippen molar-refractivity contribution in [2.45, 2.75) is 51.1 Å². The third-order valence-corrected chi connectivity index (χ3v) is 5.48. The number of benzene rings is 1. The monoisotopic (exact) mass is 343 g/mol. The van der Waals surface area contributed by atoms with Crippen molar-refractivity contribution in [2.75, 3.05) is 26.2 Å². The Morgan fingerprint density at radius 2 is 2.00 bits per heavy atom. The fourth-order valence-electron chi connectivity index (χ4n) is 4.08. The molecule has 25 heavy (non-hydrogen) atoms. The van der Waals surface area contributed by atoms with Crippen molar-refractivity contribution in [2.24, 2.45) is 0 Å². The summed E-state index contributed by atoms with van der Waals surface area (Å²) in [6.07, 6.45) is 4.87. The smallest absolute Gasteiger partial charge is 0.237 e.